The number of amides is 1. The van der Waals surface area contributed by atoms with Crippen LogP contribution in [0.1, 0.15) is 17.3 Å². The molecule has 20 heavy (non-hydrogen) atoms. The molecule has 0 saturated heterocycles. The number of rotatable bonds is 6. The Hall–Kier alpha value is -0.530. The molecule has 1 amide bonds. The quantitative estimate of drug-likeness (QED) is 0.625. The van der Waals surface area contributed by atoms with E-state index in [0.717, 1.165) is 6.07 Å². The van der Waals surface area contributed by atoms with E-state index in [1.54, 1.807) is 0 Å². The predicted molar refractivity (Wildman–Crippen MR) is 78.3 cm³/mol. The van der Waals surface area contributed by atoms with Crippen molar-refractivity contribution in [3.8, 4) is 0 Å². The van der Waals surface area contributed by atoms with E-state index in [4.69, 9.17) is 38.6 Å². The molecular weight excluding hydrogens is 349 g/mol. The largest absolute Gasteiger partial charge is 0.380 e. The summed E-state index contributed by atoms with van der Waals surface area (Å²) in [7, 11) is 1.15. The molecule has 1 N–H and O–H groups in total. The van der Waals surface area contributed by atoms with Gasteiger partial charge in [-0.25, -0.2) is 8.42 Å². The fourth-order valence-electron chi connectivity index (χ4n) is 1.36. The van der Waals surface area contributed by atoms with Crippen LogP contribution >= 0.6 is 33.9 Å². The van der Waals surface area contributed by atoms with Gasteiger partial charge in [-0.05, 0) is 19.1 Å². The minimum atomic E-state index is -4.09. The maximum atomic E-state index is 11.8. The first-order valence-corrected chi connectivity index (χ1v) is 8.63. The van der Waals surface area contributed by atoms with Gasteiger partial charge in [0.05, 0.1) is 16.7 Å². The minimum Gasteiger partial charge on any atom is -0.380 e. The van der Waals surface area contributed by atoms with Crippen LogP contribution in [0.3, 0.4) is 0 Å². The van der Waals surface area contributed by atoms with Gasteiger partial charge in [0.15, 0.2) is 0 Å². The zero-order valence-corrected chi connectivity index (χ0v) is 13.5. The number of carbonyl (C=O) groups excluding carboxylic acids is 1. The molecule has 0 radical (unpaired) electrons. The van der Waals surface area contributed by atoms with Gasteiger partial charge in [-0.2, -0.15) is 0 Å². The highest BCUT2D eigenvalue weighted by atomic mass is 35.7. The third-order valence-corrected chi connectivity index (χ3v) is 4.52. The van der Waals surface area contributed by atoms with E-state index in [-0.39, 0.29) is 22.2 Å². The van der Waals surface area contributed by atoms with Crippen molar-refractivity contribution in [2.45, 2.75) is 11.8 Å². The Morgan fingerprint density at radius 3 is 2.55 bits per heavy atom. The molecule has 0 atom stereocenters. The van der Waals surface area contributed by atoms with Crippen LogP contribution < -0.4 is 5.32 Å². The second-order valence-electron chi connectivity index (χ2n) is 3.66. The molecular formula is C11H12Cl3NO4S. The lowest BCUT2D eigenvalue weighted by atomic mass is 10.2. The SMILES string of the molecule is CCOCCNC(=O)c1cc(Cl)c(Cl)c(S(=O)(=O)Cl)c1. The van der Waals surface area contributed by atoms with Crippen molar-refractivity contribution in [3.05, 3.63) is 27.7 Å². The van der Waals surface area contributed by atoms with Gasteiger partial charge >= 0.3 is 0 Å². The van der Waals surface area contributed by atoms with Gasteiger partial charge < -0.3 is 10.1 Å². The van der Waals surface area contributed by atoms with Crippen molar-refractivity contribution in [2.75, 3.05) is 19.8 Å². The van der Waals surface area contributed by atoms with Crippen molar-refractivity contribution >= 4 is 48.8 Å². The normalized spacial score (nSPS) is 11.4. The van der Waals surface area contributed by atoms with Gasteiger partial charge in [-0.3, -0.25) is 4.79 Å². The number of nitrogens with one attached hydrogen (secondary N) is 1. The van der Waals surface area contributed by atoms with Crippen LogP contribution in [0.25, 0.3) is 0 Å². The van der Waals surface area contributed by atoms with Crippen LogP contribution in [0.4, 0.5) is 0 Å². The maximum absolute atomic E-state index is 11.8. The summed E-state index contributed by atoms with van der Waals surface area (Å²) in [6.07, 6.45) is 0. The molecule has 1 aromatic rings. The fraction of sp³-hybridized carbons (Fsp3) is 0.364. The molecule has 0 aromatic heterocycles. The van der Waals surface area contributed by atoms with E-state index in [0.29, 0.717) is 13.2 Å². The van der Waals surface area contributed by atoms with Crippen LogP contribution in [-0.4, -0.2) is 34.1 Å². The van der Waals surface area contributed by atoms with E-state index in [2.05, 4.69) is 5.32 Å². The van der Waals surface area contributed by atoms with Gasteiger partial charge in [0.2, 0.25) is 0 Å². The number of carbonyl (C=O) groups is 1. The molecule has 0 aliphatic carbocycles. The molecule has 0 fully saturated rings. The summed E-state index contributed by atoms with van der Waals surface area (Å²) in [5.41, 5.74) is 0.0510. The molecule has 0 aliphatic rings. The Bertz CT molecular complexity index is 604. The summed E-state index contributed by atoms with van der Waals surface area (Å²) >= 11 is 11.5. The van der Waals surface area contributed by atoms with Gasteiger partial charge in [0, 0.05) is 29.4 Å². The Balaban J connectivity index is 2.97. The zero-order valence-electron chi connectivity index (χ0n) is 10.5. The first kappa shape index (κ1) is 17.5. The molecule has 0 heterocycles. The van der Waals surface area contributed by atoms with Gasteiger partial charge in [-0.1, -0.05) is 23.2 Å². The number of hydrogen-bond donors (Lipinski definition) is 1. The standard InChI is InChI=1S/C11H12Cl3NO4S/c1-2-19-4-3-15-11(16)7-5-8(12)10(13)9(6-7)20(14,17)18/h5-6H,2-4H2,1H3,(H,15,16). The van der Waals surface area contributed by atoms with Gasteiger partial charge in [-0.15, -0.1) is 0 Å². The molecule has 112 valence electrons. The Kier molecular flexibility index (Phi) is 6.54. The van der Waals surface area contributed by atoms with Crippen molar-refractivity contribution in [3.63, 3.8) is 0 Å². The summed E-state index contributed by atoms with van der Waals surface area (Å²) in [6.45, 7) is 3.01. The Morgan fingerprint density at radius 2 is 2.00 bits per heavy atom. The van der Waals surface area contributed by atoms with Crippen molar-refractivity contribution < 1.29 is 17.9 Å². The first-order chi connectivity index (χ1) is 9.27. The second-order valence-corrected chi connectivity index (χ2v) is 6.98. The van der Waals surface area contributed by atoms with Gasteiger partial charge in [0.1, 0.15) is 4.90 Å². The molecule has 1 aromatic carbocycles. The lowest BCUT2D eigenvalue weighted by Gasteiger charge is -2.08. The third-order valence-electron chi connectivity index (χ3n) is 2.26. The number of benzene rings is 1. The van der Waals surface area contributed by atoms with Crippen molar-refractivity contribution in [2.24, 2.45) is 0 Å². The van der Waals surface area contributed by atoms with E-state index in [1.807, 2.05) is 6.92 Å². The van der Waals surface area contributed by atoms with E-state index in [9.17, 15) is 13.2 Å². The minimum absolute atomic E-state index is 0.0510. The van der Waals surface area contributed by atoms with E-state index >= 15 is 0 Å². The smallest absolute Gasteiger partial charge is 0.262 e. The second kappa shape index (κ2) is 7.47. The molecule has 0 aliphatic heterocycles. The molecule has 0 bridgehead atoms. The van der Waals surface area contributed by atoms with Crippen LogP contribution in [0, 0.1) is 0 Å². The summed E-state index contributed by atoms with van der Waals surface area (Å²) < 4.78 is 27.8. The Labute approximate surface area is 131 Å². The topological polar surface area (TPSA) is 72.5 Å². The number of halogens is 3. The van der Waals surface area contributed by atoms with Crippen LogP contribution in [-0.2, 0) is 13.8 Å². The van der Waals surface area contributed by atoms with E-state index < -0.39 is 19.9 Å². The predicted octanol–water partition coefficient (Wildman–Crippen LogP) is 2.69. The summed E-state index contributed by atoms with van der Waals surface area (Å²) in [5, 5.41) is 2.27. The summed E-state index contributed by atoms with van der Waals surface area (Å²) in [6, 6.07) is 2.35. The average Bonchev–Trinajstić information content (AvgIpc) is 2.36. The van der Waals surface area contributed by atoms with Crippen LogP contribution in [0.15, 0.2) is 17.0 Å². The molecule has 0 spiro atoms. The van der Waals surface area contributed by atoms with Crippen molar-refractivity contribution in [1.29, 1.82) is 0 Å². The maximum Gasteiger partial charge on any atom is 0.262 e. The lowest BCUT2D eigenvalue weighted by molar-refractivity contribution is 0.0922. The highest BCUT2D eigenvalue weighted by Crippen LogP contribution is 2.32. The average molecular weight is 361 g/mol. The van der Waals surface area contributed by atoms with Crippen molar-refractivity contribution in [1.82, 2.24) is 5.32 Å². The highest BCUT2D eigenvalue weighted by molar-refractivity contribution is 8.13. The monoisotopic (exact) mass is 359 g/mol. The third kappa shape index (κ3) is 4.79. The number of hydrogen-bond acceptors (Lipinski definition) is 4. The molecule has 9 heteroatoms. The fourth-order valence-corrected chi connectivity index (χ4v) is 3.12. The summed E-state index contributed by atoms with van der Waals surface area (Å²) in [4.78, 5) is 11.4. The van der Waals surface area contributed by atoms with Crippen LogP contribution in [0.2, 0.25) is 10.0 Å². The highest BCUT2D eigenvalue weighted by Gasteiger charge is 2.20. The zero-order chi connectivity index (χ0) is 15.3. The molecule has 1 rings (SSSR count). The molecule has 5 nitrogen and oxygen atoms in total. The summed E-state index contributed by atoms with van der Waals surface area (Å²) in [5.74, 6) is -0.496. The Morgan fingerprint density at radius 1 is 1.35 bits per heavy atom. The first-order valence-electron chi connectivity index (χ1n) is 5.57. The molecule has 0 saturated carbocycles. The van der Waals surface area contributed by atoms with E-state index in [1.165, 1.54) is 6.07 Å². The van der Waals surface area contributed by atoms with Gasteiger partial charge in [0.25, 0.3) is 15.0 Å². The lowest BCUT2D eigenvalue weighted by Crippen LogP contribution is -2.27. The molecule has 0 unspecified atom stereocenters. The van der Waals surface area contributed by atoms with Crippen LogP contribution in [0.5, 0.6) is 0 Å². The number of ether oxygens (including phenoxy) is 1.